The second-order valence-corrected chi connectivity index (χ2v) is 8.18. The lowest BCUT2D eigenvalue weighted by atomic mass is 10.1. The summed E-state index contributed by atoms with van der Waals surface area (Å²) in [4.78, 5) is 11.6. The van der Waals surface area contributed by atoms with Gasteiger partial charge in [0.1, 0.15) is 0 Å². The Morgan fingerprint density at radius 1 is 1.32 bits per heavy atom. The van der Waals surface area contributed by atoms with Crippen LogP contribution in [0.25, 0.3) is 0 Å². The average Bonchev–Trinajstić information content (AvgIpc) is 3.21. The van der Waals surface area contributed by atoms with Gasteiger partial charge >= 0.3 is 0 Å². The minimum Gasteiger partial charge on any atom is -0.381 e. The van der Waals surface area contributed by atoms with Crippen LogP contribution < -0.4 is 10.2 Å². The number of anilines is 1. The van der Waals surface area contributed by atoms with Crippen molar-refractivity contribution in [3.05, 3.63) is 29.3 Å². The van der Waals surface area contributed by atoms with Crippen LogP contribution in [0.4, 0.5) is 5.69 Å². The molecule has 2 heterocycles. The summed E-state index contributed by atoms with van der Waals surface area (Å²) < 4.78 is 5.48. The smallest absolute Gasteiger partial charge is 0.193 e. The summed E-state index contributed by atoms with van der Waals surface area (Å²) in [6.07, 6.45) is 2.28. The van der Waals surface area contributed by atoms with E-state index in [0.717, 1.165) is 82.9 Å². The summed E-state index contributed by atoms with van der Waals surface area (Å²) in [5.74, 6) is 1.61. The van der Waals surface area contributed by atoms with Crippen molar-refractivity contribution in [1.29, 1.82) is 0 Å². The summed E-state index contributed by atoms with van der Waals surface area (Å²) >= 11 is 6.12. The summed E-state index contributed by atoms with van der Waals surface area (Å²) in [6, 6.07) is 8.16. The highest BCUT2D eigenvalue weighted by Gasteiger charge is 2.19. The first-order valence-electron chi connectivity index (χ1n) is 10.4. The molecule has 3 rings (SSSR count). The van der Waals surface area contributed by atoms with E-state index in [9.17, 15) is 0 Å². The second kappa shape index (κ2) is 10.9. The highest BCUT2D eigenvalue weighted by molar-refractivity contribution is 6.30. The van der Waals surface area contributed by atoms with E-state index in [4.69, 9.17) is 16.3 Å². The number of nitrogens with zero attached hydrogens (tertiary/aromatic N) is 4. The molecule has 156 valence electrons. The van der Waals surface area contributed by atoms with Crippen molar-refractivity contribution in [2.45, 2.75) is 12.8 Å². The van der Waals surface area contributed by atoms with Crippen molar-refractivity contribution in [2.24, 2.45) is 10.9 Å². The van der Waals surface area contributed by atoms with Gasteiger partial charge in [0.05, 0.1) is 6.61 Å². The third kappa shape index (κ3) is 6.26. The van der Waals surface area contributed by atoms with Crippen LogP contribution in [0.3, 0.4) is 0 Å². The zero-order valence-corrected chi connectivity index (χ0v) is 18.0. The minimum atomic E-state index is 0.624. The quantitative estimate of drug-likeness (QED) is 0.427. The molecule has 2 aliphatic heterocycles. The fraction of sp³-hybridized carbons (Fsp3) is 0.667. The molecular formula is C21H34ClN5O. The summed E-state index contributed by atoms with van der Waals surface area (Å²) in [6.45, 7) is 9.16. The van der Waals surface area contributed by atoms with E-state index in [2.05, 4.69) is 44.2 Å². The van der Waals surface area contributed by atoms with Gasteiger partial charge in [-0.15, -0.1) is 0 Å². The van der Waals surface area contributed by atoms with Crippen molar-refractivity contribution in [1.82, 2.24) is 15.1 Å². The topological polar surface area (TPSA) is 43.3 Å². The van der Waals surface area contributed by atoms with Gasteiger partial charge in [0.2, 0.25) is 0 Å². The summed E-state index contributed by atoms with van der Waals surface area (Å²) in [7, 11) is 3.97. The van der Waals surface area contributed by atoms with Gasteiger partial charge in [-0.3, -0.25) is 9.89 Å². The molecule has 0 bridgehead atoms. The van der Waals surface area contributed by atoms with Gasteiger partial charge in [-0.1, -0.05) is 17.7 Å². The molecule has 6 nitrogen and oxygen atoms in total. The number of ether oxygens (including phenoxy) is 1. The predicted octanol–water partition coefficient (Wildman–Crippen LogP) is 2.40. The Hall–Kier alpha value is -1.50. The molecule has 0 saturated carbocycles. The average molecular weight is 408 g/mol. The standard InChI is InChI=1S/C21H34ClN5O/c1-23-21(25(2)16-18-7-14-28-17-18)24-8-4-9-26-10-12-27(13-11-26)20-6-3-5-19(22)15-20/h3,5-6,15,18H,4,7-14,16-17H2,1-2H3,(H,23,24). The summed E-state index contributed by atoms with van der Waals surface area (Å²) in [5.41, 5.74) is 1.23. The van der Waals surface area contributed by atoms with Gasteiger partial charge in [-0.05, 0) is 37.6 Å². The number of rotatable bonds is 7. The lowest BCUT2D eigenvalue weighted by Crippen LogP contribution is -2.47. The van der Waals surface area contributed by atoms with E-state index >= 15 is 0 Å². The molecule has 0 radical (unpaired) electrons. The van der Waals surface area contributed by atoms with Crippen LogP contribution in [0.1, 0.15) is 12.8 Å². The molecule has 2 fully saturated rings. The third-order valence-electron chi connectivity index (χ3n) is 5.61. The molecule has 2 aliphatic rings. The number of benzene rings is 1. The van der Waals surface area contributed by atoms with Crippen LogP contribution in [0.15, 0.2) is 29.3 Å². The van der Waals surface area contributed by atoms with Crippen molar-refractivity contribution in [3.63, 3.8) is 0 Å². The number of halogens is 1. The molecule has 1 unspecified atom stereocenters. The van der Waals surface area contributed by atoms with Gasteiger partial charge in [0, 0.05) is 76.6 Å². The SMILES string of the molecule is CN=C(NCCCN1CCN(c2cccc(Cl)c2)CC1)N(C)CC1CCOC1. The van der Waals surface area contributed by atoms with Crippen molar-refractivity contribution in [3.8, 4) is 0 Å². The Bertz CT molecular complexity index is 627. The Morgan fingerprint density at radius 2 is 2.14 bits per heavy atom. The molecule has 0 aliphatic carbocycles. The highest BCUT2D eigenvalue weighted by Crippen LogP contribution is 2.20. The third-order valence-corrected chi connectivity index (χ3v) is 5.84. The maximum atomic E-state index is 6.12. The van der Waals surface area contributed by atoms with Crippen molar-refractivity contribution in [2.75, 3.05) is 78.0 Å². The first-order chi connectivity index (χ1) is 13.7. The maximum Gasteiger partial charge on any atom is 0.193 e. The largest absolute Gasteiger partial charge is 0.381 e. The van der Waals surface area contributed by atoms with Gasteiger partial charge in [0.25, 0.3) is 0 Å². The van der Waals surface area contributed by atoms with E-state index in [1.165, 1.54) is 5.69 Å². The lowest BCUT2D eigenvalue weighted by molar-refractivity contribution is 0.181. The first kappa shape index (κ1) is 21.2. The molecule has 28 heavy (non-hydrogen) atoms. The van der Waals surface area contributed by atoms with E-state index in [0.29, 0.717) is 5.92 Å². The number of piperazine rings is 1. The number of nitrogens with one attached hydrogen (secondary N) is 1. The monoisotopic (exact) mass is 407 g/mol. The van der Waals surface area contributed by atoms with E-state index < -0.39 is 0 Å². The molecule has 0 spiro atoms. The van der Waals surface area contributed by atoms with E-state index in [1.807, 2.05) is 19.2 Å². The summed E-state index contributed by atoms with van der Waals surface area (Å²) in [5, 5.41) is 4.32. The predicted molar refractivity (Wildman–Crippen MR) is 118 cm³/mol. The fourth-order valence-electron chi connectivity index (χ4n) is 3.99. The Kier molecular flexibility index (Phi) is 8.25. The molecule has 0 amide bonds. The molecule has 7 heteroatoms. The normalized spacial score (nSPS) is 21.2. The molecule has 1 atom stereocenters. The van der Waals surface area contributed by atoms with Crippen LogP contribution in [-0.2, 0) is 4.74 Å². The van der Waals surface area contributed by atoms with Gasteiger partial charge < -0.3 is 19.9 Å². The highest BCUT2D eigenvalue weighted by atomic mass is 35.5. The van der Waals surface area contributed by atoms with Crippen LogP contribution in [0.2, 0.25) is 5.02 Å². The first-order valence-corrected chi connectivity index (χ1v) is 10.8. The Morgan fingerprint density at radius 3 is 2.82 bits per heavy atom. The van der Waals surface area contributed by atoms with Gasteiger partial charge in [-0.25, -0.2) is 0 Å². The van der Waals surface area contributed by atoms with Gasteiger partial charge in [0.15, 0.2) is 5.96 Å². The van der Waals surface area contributed by atoms with Crippen molar-refractivity contribution < 1.29 is 4.74 Å². The van der Waals surface area contributed by atoms with E-state index in [1.54, 1.807) is 0 Å². The van der Waals surface area contributed by atoms with Crippen LogP contribution >= 0.6 is 11.6 Å². The Balaban J connectivity index is 1.32. The molecule has 1 N–H and O–H groups in total. The van der Waals surface area contributed by atoms with Crippen LogP contribution in [0.5, 0.6) is 0 Å². The molecule has 0 aromatic heterocycles. The van der Waals surface area contributed by atoms with Gasteiger partial charge in [-0.2, -0.15) is 0 Å². The van der Waals surface area contributed by atoms with Crippen molar-refractivity contribution >= 4 is 23.2 Å². The molecule has 2 saturated heterocycles. The van der Waals surface area contributed by atoms with Crippen LogP contribution in [0, 0.1) is 5.92 Å². The molecule has 1 aromatic carbocycles. The Labute approximate surface area is 174 Å². The maximum absolute atomic E-state index is 6.12. The fourth-order valence-corrected chi connectivity index (χ4v) is 4.18. The number of hydrogen-bond donors (Lipinski definition) is 1. The zero-order chi connectivity index (χ0) is 19.8. The molecular weight excluding hydrogens is 374 g/mol. The minimum absolute atomic E-state index is 0.624. The zero-order valence-electron chi connectivity index (χ0n) is 17.2. The second-order valence-electron chi connectivity index (χ2n) is 7.75. The number of guanidine groups is 1. The van der Waals surface area contributed by atoms with Crippen LogP contribution in [-0.4, -0.2) is 88.9 Å². The van der Waals surface area contributed by atoms with E-state index in [-0.39, 0.29) is 0 Å². The number of hydrogen-bond acceptors (Lipinski definition) is 4. The molecule has 1 aromatic rings. The lowest BCUT2D eigenvalue weighted by Gasteiger charge is -2.36. The number of aliphatic imine (C=N–C) groups is 1.